The zero-order valence-electron chi connectivity index (χ0n) is 9.07. The summed E-state index contributed by atoms with van der Waals surface area (Å²) < 4.78 is 2.33. The van der Waals surface area contributed by atoms with Crippen LogP contribution in [0.2, 0.25) is 0 Å². The lowest BCUT2D eigenvalue weighted by molar-refractivity contribution is 0.376. The summed E-state index contributed by atoms with van der Waals surface area (Å²) in [4.78, 5) is 6.70. The van der Waals surface area contributed by atoms with Gasteiger partial charge < -0.3 is 4.90 Å². The van der Waals surface area contributed by atoms with E-state index in [9.17, 15) is 0 Å². The van der Waals surface area contributed by atoms with Gasteiger partial charge in [-0.15, -0.1) is 11.3 Å². The van der Waals surface area contributed by atoms with Crippen LogP contribution in [0.5, 0.6) is 0 Å². The maximum absolute atomic E-state index is 6.36. The first-order valence-electron chi connectivity index (χ1n) is 5.16. The van der Waals surface area contributed by atoms with Crippen molar-refractivity contribution in [2.75, 3.05) is 7.05 Å². The second-order valence-electron chi connectivity index (χ2n) is 3.94. The van der Waals surface area contributed by atoms with Gasteiger partial charge >= 0.3 is 0 Å². The van der Waals surface area contributed by atoms with E-state index in [-0.39, 0.29) is 6.17 Å². The topological polar surface area (TPSA) is 15.6 Å². The lowest BCUT2D eigenvalue weighted by Crippen LogP contribution is -2.39. The summed E-state index contributed by atoms with van der Waals surface area (Å²) in [5, 5.41) is 3.07. The molecule has 4 heteroatoms. The average Bonchev–Trinajstić information content (AvgIpc) is 2.65. The molecule has 2 aromatic rings. The van der Waals surface area contributed by atoms with Crippen LogP contribution in [0.3, 0.4) is 0 Å². The fourth-order valence-corrected chi connectivity index (χ4v) is 3.37. The summed E-state index contributed by atoms with van der Waals surface area (Å²) in [6, 6.07) is 8.31. The number of halogens is 1. The molecule has 82 valence electrons. The number of benzene rings is 1. The van der Waals surface area contributed by atoms with Gasteiger partial charge in [0.05, 0.1) is 9.89 Å². The summed E-state index contributed by atoms with van der Waals surface area (Å²) in [6.45, 7) is 2.05. The minimum Gasteiger partial charge on any atom is -0.342 e. The smallest absolute Gasteiger partial charge is 0.125 e. The Morgan fingerprint density at radius 1 is 1.38 bits per heavy atom. The Hall–Kier alpha value is -1.06. The molecule has 1 aromatic carbocycles. The van der Waals surface area contributed by atoms with Crippen LogP contribution >= 0.6 is 22.9 Å². The summed E-state index contributed by atoms with van der Waals surface area (Å²) in [6.07, 6.45) is 0.109. The van der Waals surface area contributed by atoms with E-state index in [0.717, 1.165) is 15.0 Å². The Morgan fingerprint density at radius 2 is 2.12 bits per heavy atom. The maximum Gasteiger partial charge on any atom is 0.125 e. The van der Waals surface area contributed by atoms with Gasteiger partial charge in [0, 0.05) is 17.1 Å². The van der Waals surface area contributed by atoms with Crippen molar-refractivity contribution in [3.05, 3.63) is 34.2 Å². The van der Waals surface area contributed by atoms with Crippen molar-refractivity contribution in [2.45, 2.75) is 13.1 Å². The van der Waals surface area contributed by atoms with E-state index >= 15 is 0 Å². The van der Waals surface area contributed by atoms with Gasteiger partial charge in [0.2, 0.25) is 0 Å². The van der Waals surface area contributed by atoms with Crippen molar-refractivity contribution in [1.82, 2.24) is 4.90 Å². The van der Waals surface area contributed by atoms with E-state index in [1.165, 1.54) is 10.1 Å². The third kappa shape index (κ3) is 1.28. The van der Waals surface area contributed by atoms with Crippen molar-refractivity contribution in [3.8, 4) is 0 Å². The van der Waals surface area contributed by atoms with Gasteiger partial charge in [-0.2, -0.15) is 0 Å². The summed E-state index contributed by atoms with van der Waals surface area (Å²) in [5.74, 6) is 0. The molecule has 0 saturated carbocycles. The number of fused-ring (bicyclic) bond motifs is 3. The molecule has 0 fully saturated rings. The van der Waals surface area contributed by atoms with Crippen LogP contribution in [0.1, 0.15) is 6.92 Å². The molecule has 3 rings (SSSR count). The number of thiophene rings is 1. The Bertz CT molecular complexity index is 674. The van der Waals surface area contributed by atoms with E-state index in [4.69, 9.17) is 16.6 Å². The molecule has 0 radical (unpaired) electrons. The molecule has 1 unspecified atom stereocenters. The Morgan fingerprint density at radius 3 is 2.94 bits per heavy atom. The van der Waals surface area contributed by atoms with E-state index in [1.807, 2.05) is 24.1 Å². The van der Waals surface area contributed by atoms with Crippen molar-refractivity contribution in [3.63, 3.8) is 0 Å². The Labute approximate surface area is 102 Å². The number of hydrogen-bond donors (Lipinski definition) is 0. The molecule has 0 spiro atoms. The molecule has 0 saturated heterocycles. The molecule has 1 aromatic heterocycles. The number of hydrogen-bond acceptors (Lipinski definition) is 3. The van der Waals surface area contributed by atoms with Crippen LogP contribution in [0.4, 0.5) is 0 Å². The van der Waals surface area contributed by atoms with Crippen LogP contribution in [0.15, 0.2) is 29.3 Å². The SMILES string of the molecule is CC1N=c2c(sc3ccccc23)=C(Cl)N1C. The van der Waals surface area contributed by atoms with Crippen molar-refractivity contribution in [2.24, 2.45) is 4.99 Å². The molecule has 1 atom stereocenters. The van der Waals surface area contributed by atoms with Gasteiger partial charge in [-0.1, -0.05) is 29.8 Å². The highest BCUT2D eigenvalue weighted by atomic mass is 35.5. The van der Waals surface area contributed by atoms with E-state index < -0.39 is 0 Å². The van der Waals surface area contributed by atoms with Gasteiger partial charge in [0.1, 0.15) is 11.3 Å². The Kier molecular flexibility index (Phi) is 2.19. The summed E-state index contributed by atoms with van der Waals surface area (Å²) in [7, 11) is 1.98. The van der Waals surface area contributed by atoms with E-state index in [0.29, 0.717) is 0 Å². The van der Waals surface area contributed by atoms with Crippen LogP contribution in [-0.4, -0.2) is 18.1 Å². The fraction of sp³-hybridized carbons (Fsp3) is 0.250. The highest BCUT2D eigenvalue weighted by Gasteiger charge is 2.18. The van der Waals surface area contributed by atoms with Gasteiger partial charge in [0.15, 0.2) is 0 Å². The predicted molar refractivity (Wildman–Crippen MR) is 69.1 cm³/mol. The first-order valence-corrected chi connectivity index (χ1v) is 6.36. The van der Waals surface area contributed by atoms with Crippen LogP contribution in [0.25, 0.3) is 15.2 Å². The van der Waals surface area contributed by atoms with Crippen LogP contribution in [0, 0.1) is 0 Å². The zero-order valence-corrected chi connectivity index (χ0v) is 10.6. The minimum atomic E-state index is 0.109. The fourth-order valence-electron chi connectivity index (χ4n) is 1.90. The normalized spacial score (nSPS) is 19.8. The maximum atomic E-state index is 6.36. The molecule has 0 aliphatic carbocycles. The quantitative estimate of drug-likeness (QED) is 0.654. The van der Waals surface area contributed by atoms with Gasteiger partial charge in [-0.3, -0.25) is 4.99 Å². The van der Waals surface area contributed by atoms with Crippen LogP contribution in [-0.2, 0) is 0 Å². The molecule has 0 N–H and O–H groups in total. The van der Waals surface area contributed by atoms with E-state index in [1.54, 1.807) is 11.3 Å². The standard InChI is InChI=1S/C12H11ClN2S/c1-7-14-10-8-5-3-4-6-9(8)16-11(10)12(13)15(7)2/h3-7H,1-2H3. The van der Waals surface area contributed by atoms with Crippen molar-refractivity contribution < 1.29 is 0 Å². The lowest BCUT2D eigenvalue weighted by atomic mass is 10.2. The number of nitrogens with zero attached hydrogens (tertiary/aromatic N) is 2. The second-order valence-corrected chi connectivity index (χ2v) is 5.35. The third-order valence-corrected chi connectivity index (χ3v) is 4.68. The average molecular weight is 251 g/mol. The molecule has 1 aliphatic heterocycles. The van der Waals surface area contributed by atoms with Gasteiger partial charge in [-0.05, 0) is 13.0 Å². The largest absolute Gasteiger partial charge is 0.342 e. The summed E-state index contributed by atoms with van der Waals surface area (Å²) in [5.41, 5.74) is 0. The monoisotopic (exact) mass is 250 g/mol. The Balaban J connectivity index is 2.54. The molecule has 2 nitrogen and oxygen atoms in total. The third-order valence-electron chi connectivity index (χ3n) is 2.94. The summed E-state index contributed by atoms with van der Waals surface area (Å²) >= 11 is 8.07. The first-order chi connectivity index (χ1) is 7.68. The van der Waals surface area contributed by atoms with Gasteiger partial charge in [0.25, 0.3) is 0 Å². The van der Waals surface area contributed by atoms with E-state index in [2.05, 4.69) is 19.1 Å². The molecule has 2 heterocycles. The van der Waals surface area contributed by atoms with Crippen LogP contribution < -0.4 is 9.89 Å². The van der Waals surface area contributed by atoms with Crippen molar-refractivity contribution in [1.29, 1.82) is 0 Å². The molecular weight excluding hydrogens is 240 g/mol. The molecule has 16 heavy (non-hydrogen) atoms. The number of rotatable bonds is 0. The second kappa shape index (κ2) is 3.47. The predicted octanol–water partition coefficient (Wildman–Crippen LogP) is 2.12. The zero-order chi connectivity index (χ0) is 11.3. The molecular formula is C12H11ClN2S. The first kappa shape index (κ1) is 10.1. The van der Waals surface area contributed by atoms with Gasteiger partial charge in [-0.25, -0.2) is 0 Å². The molecule has 0 amide bonds. The van der Waals surface area contributed by atoms with Crippen molar-refractivity contribution >= 4 is 38.2 Å². The minimum absolute atomic E-state index is 0.109. The molecule has 0 bridgehead atoms. The highest BCUT2D eigenvalue weighted by molar-refractivity contribution is 7.17. The highest BCUT2D eigenvalue weighted by Crippen LogP contribution is 2.19. The molecule has 1 aliphatic rings. The lowest BCUT2D eigenvalue weighted by Gasteiger charge is -2.24.